The van der Waals surface area contributed by atoms with Crippen molar-refractivity contribution in [3.05, 3.63) is 0 Å². The Hall–Kier alpha value is -1.26. The summed E-state index contributed by atoms with van der Waals surface area (Å²) in [7, 11) is 0. The fraction of sp³-hybridized carbons (Fsp3) is 0.833. The fourth-order valence-electron chi connectivity index (χ4n) is 1.63. The summed E-state index contributed by atoms with van der Waals surface area (Å²) >= 11 is 0. The minimum atomic E-state index is -0.873. The number of carboxylic acids is 1. The molecule has 0 aliphatic rings. The van der Waals surface area contributed by atoms with E-state index in [0.29, 0.717) is 13.1 Å². The van der Waals surface area contributed by atoms with E-state index in [1.807, 2.05) is 27.7 Å². The second-order valence-corrected chi connectivity index (χ2v) is 4.29. The van der Waals surface area contributed by atoms with Crippen LogP contribution in [0.5, 0.6) is 0 Å². The lowest BCUT2D eigenvalue weighted by Gasteiger charge is -2.32. The zero-order valence-electron chi connectivity index (χ0n) is 11.3. The van der Waals surface area contributed by atoms with Gasteiger partial charge in [0.2, 0.25) is 0 Å². The molecule has 0 fully saturated rings. The highest BCUT2D eigenvalue weighted by atomic mass is 16.4. The van der Waals surface area contributed by atoms with Gasteiger partial charge in [-0.25, -0.2) is 4.79 Å². The Balaban J connectivity index is 4.56. The van der Waals surface area contributed by atoms with Crippen LogP contribution in [-0.2, 0) is 4.79 Å². The van der Waals surface area contributed by atoms with Crippen LogP contribution in [0.25, 0.3) is 0 Å². The monoisotopic (exact) mass is 244 g/mol. The van der Waals surface area contributed by atoms with Gasteiger partial charge in [0.25, 0.3) is 0 Å². The second-order valence-electron chi connectivity index (χ2n) is 4.29. The summed E-state index contributed by atoms with van der Waals surface area (Å²) in [6, 6.07) is -0.0432. The Morgan fingerprint density at radius 1 is 1.18 bits per heavy atom. The van der Waals surface area contributed by atoms with Crippen molar-refractivity contribution in [2.75, 3.05) is 19.6 Å². The first kappa shape index (κ1) is 15.7. The van der Waals surface area contributed by atoms with E-state index in [1.54, 1.807) is 9.80 Å². The molecule has 5 heteroatoms. The largest absolute Gasteiger partial charge is 0.481 e. The molecule has 0 aromatic rings. The van der Waals surface area contributed by atoms with Crippen LogP contribution in [0, 0.1) is 0 Å². The first-order valence-corrected chi connectivity index (χ1v) is 6.21. The number of rotatable bonds is 7. The van der Waals surface area contributed by atoms with E-state index in [-0.39, 0.29) is 25.0 Å². The minimum absolute atomic E-state index is 0.00635. The Labute approximate surface area is 103 Å². The van der Waals surface area contributed by atoms with Gasteiger partial charge in [-0.05, 0) is 27.2 Å². The number of carbonyl (C=O) groups is 2. The average molecular weight is 244 g/mol. The van der Waals surface area contributed by atoms with Gasteiger partial charge in [0.1, 0.15) is 0 Å². The molecule has 0 aliphatic heterocycles. The number of nitrogens with zero attached hydrogens (tertiary/aromatic N) is 2. The van der Waals surface area contributed by atoms with Crippen molar-refractivity contribution in [3.63, 3.8) is 0 Å². The summed E-state index contributed by atoms with van der Waals surface area (Å²) in [5.74, 6) is -0.873. The lowest BCUT2D eigenvalue weighted by atomic mass is 10.3. The van der Waals surface area contributed by atoms with Crippen molar-refractivity contribution in [3.8, 4) is 0 Å². The van der Waals surface area contributed by atoms with E-state index >= 15 is 0 Å². The van der Waals surface area contributed by atoms with Crippen molar-refractivity contribution in [1.82, 2.24) is 9.80 Å². The van der Waals surface area contributed by atoms with Gasteiger partial charge in [-0.15, -0.1) is 0 Å². The zero-order chi connectivity index (χ0) is 13.4. The van der Waals surface area contributed by atoms with Crippen molar-refractivity contribution >= 4 is 12.0 Å². The first-order valence-electron chi connectivity index (χ1n) is 6.21. The molecular formula is C12H24N2O3. The van der Waals surface area contributed by atoms with Crippen LogP contribution in [-0.4, -0.2) is 52.6 Å². The molecule has 0 heterocycles. The second kappa shape index (κ2) is 7.92. The fourth-order valence-corrected chi connectivity index (χ4v) is 1.63. The molecule has 0 unspecified atom stereocenters. The van der Waals surface area contributed by atoms with Crippen molar-refractivity contribution in [1.29, 1.82) is 0 Å². The van der Waals surface area contributed by atoms with E-state index in [4.69, 9.17) is 5.11 Å². The van der Waals surface area contributed by atoms with Gasteiger partial charge in [-0.3, -0.25) is 4.79 Å². The van der Waals surface area contributed by atoms with E-state index in [9.17, 15) is 9.59 Å². The zero-order valence-corrected chi connectivity index (χ0v) is 11.3. The molecule has 100 valence electrons. The number of amides is 2. The normalized spacial score (nSPS) is 10.4. The molecule has 0 saturated carbocycles. The lowest BCUT2D eigenvalue weighted by Crippen LogP contribution is -2.47. The molecule has 0 bridgehead atoms. The molecule has 5 nitrogen and oxygen atoms in total. The molecule has 0 aromatic carbocycles. The highest BCUT2D eigenvalue weighted by molar-refractivity contribution is 5.75. The predicted molar refractivity (Wildman–Crippen MR) is 67.0 cm³/mol. The lowest BCUT2D eigenvalue weighted by molar-refractivity contribution is -0.137. The first-order chi connectivity index (χ1) is 7.93. The van der Waals surface area contributed by atoms with Gasteiger partial charge in [0.15, 0.2) is 0 Å². The summed E-state index contributed by atoms with van der Waals surface area (Å²) in [5, 5.41) is 8.67. The number of urea groups is 1. The topological polar surface area (TPSA) is 60.9 Å². The number of carboxylic acid groups (broad SMARTS) is 1. The van der Waals surface area contributed by atoms with E-state index in [1.165, 1.54) is 0 Å². The van der Waals surface area contributed by atoms with Crippen LogP contribution >= 0.6 is 0 Å². The van der Waals surface area contributed by atoms with E-state index in [0.717, 1.165) is 6.42 Å². The van der Waals surface area contributed by atoms with E-state index in [2.05, 4.69) is 0 Å². The van der Waals surface area contributed by atoms with Crippen molar-refractivity contribution in [2.45, 2.75) is 46.6 Å². The average Bonchev–Trinajstić information content (AvgIpc) is 2.24. The number of aliphatic carboxylic acids is 1. The van der Waals surface area contributed by atoms with Crippen molar-refractivity contribution in [2.24, 2.45) is 0 Å². The SMILES string of the molecule is CCCN(CC)C(=O)N(CCC(=O)O)C(C)C. The smallest absolute Gasteiger partial charge is 0.320 e. The van der Waals surface area contributed by atoms with Gasteiger partial charge in [0, 0.05) is 25.7 Å². The third-order valence-corrected chi connectivity index (χ3v) is 2.58. The molecule has 2 amide bonds. The van der Waals surface area contributed by atoms with Crippen LogP contribution in [0.3, 0.4) is 0 Å². The Kier molecular flexibility index (Phi) is 7.34. The van der Waals surface area contributed by atoms with E-state index < -0.39 is 5.97 Å². The number of carbonyl (C=O) groups excluding carboxylic acids is 1. The van der Waals surface area contributed by atoms with Crippen LogP contribution < -0.4 is 0 Å². The molecule has 0 spiro atoms. The van der Waals surface area contributed by atoms with Gasteiger partial charge < -0.3 is 14.9 Å². The summed E-state index contributed by atoms with van der Waals surface area (Å²) in [4.78, 5) is 26.1. The maximum Gasteiger partial charge on any atom is 0.320 e. The van der Waals surface area contributed by atoms with Crippen molar-refractivity contribution < 1.29 is 14.7 Å². The molecule has 0 atom stereocenters. The maximum atomic E-state index is 12.2. The quantitative estimate of drug-likeness (QED) is 0.745. The molecule has 0 radical (unpaired) electrons. The molecule has 17 heavy (non-hydrogen) atoms. The Bertz CT molecular complexity index is 254. The summed E-state index contributed by atoms with van der Waals surface area (Å²) in [5.41, 5.74) is 0. The van der Waals surface area contributed by atoms with Gasteiger partial charge >= 0.3 is 12.0 Å². The summed E-state index contributed by atoms with van der Waals surface area (Å²) in [6.45, 7) is 9.40. The molecule has 1 N–H and O–H groups in total. The number of hydrogen-bond donors (Lipinski definition) is 1. The minimum Gasteiger partial charge on any atom is -0.481 e. The van der Waals surface area contributed by atoms with Crippen LogP contribution in [0.2, 0.25) is 0 Å². The third-order valence-electron chi connectivity index (χ3n) is 2.58. The maximum absolute atomic E-state index is 12.2. The molecular weight excluding hydrogens is 220 g/mol. The van der Waals surface area contributed by atoms with Gasteiger partial charge in [0.05, 0.1) is 6.42 Å². The summed E-state index contributed by atoms with van der Waals surface area (Å²) < 4.78 is 0. The Morgan fingerprint density at radius 3 is 2.12 bits per heavy atom. The summed E-state index contributed by atoms with van der Waals surface area (Å²) in [6.07, 6.45) is 0.901. The van der Waals surface area contributed by atoms with Crippen LogP contribution in [0.4, 0.5) is 4.79 Å². The van der Waals surface area contributed by atoms with Gasteiger partial charge in [-0.2, -0.15) is 0 Å². The van der Waals surface area contributed by atoms with Gasteiger partial charge in [-0.1, -0.05) is 6.92 Å². The Morgan fingerprint density at radius 2 is 1.76 bits per heavy atom. The highest BCUT2D eigenvalue weighted by Gasteiger charge is 2.22. The predicted octanol–water partition coefficient (Wildman–Crippen LogP) is 2.02. The molecule has 0 rings (SSSR count). The molecule has 0 aliphatic carbocycles. The third kappa shape index (κ3) is 5.56. The van der Waals surface area contributed by atoms with Crippen LogP contribution in [0.1, 0.15) is 40.5 Å². The standard InChI is InChI=1S/C12H24N2O3/c1-5-8-13(6-2)12(17)14(10(3)4)9-7-11(15)16/h10H,5-9H2,1-4H3,(H,15,16). The highest BCUT2D eigenvalue weighted by Crippen LogP contribution is 2.06. The van der Waals surface area contributed by atoms with Crippen LogP contribution in [0.15, 0.2) is 0 Å². The molecule has 0 aromatic heterocycles. The molecule has 0 saturated heterocycles. The number of hydrogen-bond acceptors (Lipinski definition) is 2.